The van der Waals surface area contributed by atoms with Crippen LogP contribution in [0.3, 0.4) is 0 Å². The summed E-state index contributed by atoms with van der Waals surface area (Å²) >= 11 is 0. The molecule has 15 heavy (non-hydrogen) atoms. The fraction of sp³-hybridized carbons (Fsp3) is 0.167. The van der Waals surface area contributed by atoms with Gasteiger partial charge < -0.3 is 14.9 Å². The second-order valence-electron chi connectivity index (χ2n) is 2.59. The lowest BCUT2D eigenvalue weighted by molar-refractivity contribution is 0.401. The molecule has 0 atom stereocenters. The lowest BCUT2D eigenvalue weighted by Crippen LogP contribution is -1.61. The summed E-state index contributed by atoms with van der Waals surface area (Å²) in [5.74, 6) is 0.176. The number of phenolic OH excluding ortho intramolecular Hbond substituents is 2. The van der Waals surface area contributed by atoms with Gasteiger partial charge in [-0.3, -0.25) is 0 Å². The third kappa shape index (κ3) is 8.43. The van der Waals surface area contributed by atoms with Crippen LogP contribution < -0.4 is 0 Å². The fourth-order valence-electron chi connectivity index (χ4n) is 0.696. The topological polar surface area (TPSA) is 49.7 Å². The van der Waals surface area contributed by atoms with Crippen molar-refractivity contribution in [2.45, 2.75) is 13.8 Å². The van der Waals surface area contributed by atoms with Crippen LogP contribution in [-0.4, -0.2) is 10.2 Å². The van der Waals surface area contributed by atoms with Gasteiger partial charge in [-0.25, -0.2) is 0 Å². The molecule has 0 aliphatic rings. The Kier molecular flexibility index (Phi) is 7.59. The molecule has 3 heteroatoms. The Labute approximate surface area is 89.9 Å². The van der Waals surface area contributed by atoms with E-state index in [2.05, 4.69) is 0 Å². The maximum Gasteiger partial charge on any atom is 0.119 e. The van der Waals surface area contributed by atoms with Gasteiger partial charge in [-0.1, -0.05) is 18.2 Å². The molecule has 1 rings (SSSR count). The van der Waals surface area contributed by atoms with E-state index in [9.17, 15) is 0 Å². The number of allylic oxidation sites excluding steroid dienone is 2. The first-order valence-electron chi connectivity index (χ1n) is 4.56. The summed E-state index contributed by atoms with van der Waals surface area (Å²) < 4.78 is 4.77. The summed E-state index contributed by atoms with van der Waals surface area (Å²) in [5.41, 5.74) is 0. The van der Waals surface area contributed by atoms with Gasteiger partial charge in [-0.2, -0.15) is 0 Å². The summed E-state index contributed by atoms with van der Waals surface area (Å²) in [6.45, 7) is 3.81. The van der Waals surface area contributed by atoms with E-state index in [4.69, 9.17) is 14.9 Å². The predicted octanol–water partition coefficient (Wildman–Crippen LogP) is 3.17. The predicted molar refractivity (Wildman–Crippen MR) is 60.5 cm³/mol. The summed E-state index contributed by atoms with van der Waals surface area (Å²) in [5, 5.41) is 17.3. The van der Waals surface area contributed by atoms with Crippen molar-refractivity contribution in [2.75, 3.05) is 0 Å². The van der Waals surface area contributed by atoms with E-state index in [-0.39, 0.29) is 11.5 Å². The lowest BCUT2D eigenvalue weighted by Gasteiger charge is -1.89. The summed E-state index contributed by atoms with van der Waals surface area (Å²) in [7, 11) is 0. The standard InChI is InChI=1S/C6H6O2.C6H10O/c7-5-2-1-3-6(8)4-5;1-3-5-7-6-4-2/h1-4,7-8H;3-6H,1-2H3. The molecule has 0 saturated carbocycles. The third-order valence-corrected chi connectivity index (χ3v) is 1.26. The highest BCUT2D eigenvalue weighted by Gasteiger charge is 1.85. The molecule has 0 radical (unpaired) electrons. The van der Waals surface area contributed by atoms with Crippen molar-refractivity contribution in [3.05, 3.63) is 48.9 Å². The molecule has 0 aliphatic carbocycles. The minimum absolute atomic E-state index is 0.0880. The highest BCUT2D eigenvalue weighted by molar-refractivity contribution is 5.30. The van der Waals surface area contributed by atoms with Crippen LogP contribution in [0, 0.1) is 0 Å². The molecule has 0 fully saturated rings. The zero-order chi connectivity index (χ0) is 11.5. The van der Waals surface area contributed by atoms with Crippen LogP contribution >= 0.6 is 0 Å². The first-order valence-corrected chi connectivity index (χ1v) is 4.56. The number of phenols is 2. The Morgan fingerprint density at radius 3 is 1.73 bits per heavy atom. The van der Waals surface area contributed by atoms with Gasteiger partial charge in [-0.05, 0) is 26.0 Å². The molecule has 0 aliphatic heterocycles. The van der Waals surface area contributed by atoms with Gasteiger partial charge in [0.05, 0.1) is 12.5 Å². The maximum absolute atomic E-state index is 8.65. The Hall–Kier alpha value is -1.90. The van der Waals surface area contributed by atoms with Gasteiger partial charge in [-0.15, -0.1) is 0 Å². The monoisotopic (exact) mass is 208 g/mol. The second kappa shape index (κ2) is 8.69. The number of hydrogen-bond acceptors (Lipinski definition) is 3. The number of benzene rings is 1. The number of aromatic hydroxyl groups is 2. The van der Waals surface area contributed by atoms with Crippen molar-refractivity contribution in [3.63, 3.8) is 0 Å². The van der Waals surface area contributed by atoms with E-state index < -0.39 is 0 Å². The maximum atomic E-state index is 8.65. The Balaban J connectivity index is 0.000000265. The van der Waals surface area contributed by atoms with E-state index in [1.807, 2.05) is 26.0 Å². The van der Waals surface area contributed by atoms with Gasteiger partial charge in [0.15, 0.2) is 0 Å². The zero-order valence-corrected chi connectivity index (χ0v) is 8.92. The summed E-state index contributed by atoms with van der Waals surface area (Å²) in [6, 6.07) is 5.85. The Morgan fingerprint density at radius 1 is 1.00 bits per heavy atom. The van der Waals surface area contributed by atoms with Gasteiger partial charge in [0, 0.05) is 6.07 Å². The molecule has 0 heterocycles. The minimum atomic E-state index is 0.0880. The van der Waals surface area contributed by atoms with Crippen molar-refractivity contribution in [1.29, 1.82) is 0 Å². The molecule has 0 unspecified atom stereocenters. The molecule has 0 amide bonds. The molecule has 0 spiro atoms. The average molecular weight is 208 g/mol. The van der Waals surface area contributed by atoms with Gasteiger partial charge >= 0.3 is 0 Å². The molecule has 3 nitrogen and oxygen atoms in total. The van der Waals surface area contributed by atoms with E-state index >= 15 is 0 Å². The molecule has 0 bridgehead atoms. The molecular weight excluding hydrogens is 192 g/mol. The van der Waals surface area contributed by atoms with E-state index in [0.29, 0.717) is 0 Å². The summed E-state index contributed by atoms with van der Waals surface area (Å²) in [6.07, 6.45) is 6.92. The molecule has 1 aromatic rings. The summed E-state index contributed by atoms with van der Waals surface area (Å²) in [4.78, 5) is 0. The van der Waals surface area contributed by atoms with Crippen LogP contribution in [0.2, 0.25) is 0 Å². The van der Waals surface area contributed by atoms with Crippen LogP contribution in [-0.2, 0) is 4.74 Å². The van der Waals surface area contributed by atoms with E-state index in [0.717, 1.165) is 0 Å². The Bertz CT molecular complexity index is 289. The molecule has 2 N–H and O–H groups in total. The zero-order valence-electron chi connectivity index (χ0n) is 8.92. The van der Waals surface area contributed by atoms with Gasteiger partial charge in [0.25, 0.3) is 0 Å². The van der Waals surface area contributed by atoms with Crippen LogP contribution in [0.5, 0.6) is 11.5 Å². The number of hydrogen-bond donors (Lipinski definition) is 2. The fourth-order valence-corrected chi connectivity index (χ4v) is 0.696. The SMILES string of the molecule is CC=COC=CC.Oc1cccc(O)c1. The Morgan fingerprint density at radius 2 is 1.47 bits per heavy atom. The largest absolute Gasteiger partial charge is 0.508 e. The first kappa shape index (κ1) is 13.1. The van der Waals surface area contributed by atoms with E-state index in [1.165, 1.54) is 18.2 Å². The second-order valence-corrected chi connectivity index (χ2v) is 2.59. The van der Waals surface area contributed by atoms with Crippen molar-refractivity contribution in [1.82, 2.24) is 0 Å². The van der Waals surface area contributed by atoms with Crippen molar-refractivity contribution in [3.8, 4) is 11.5 Å². The highest BCUT2D eigenvalue weighted by Crippen LogP contribution is 2.14. The van der Waals surface area contributed by atoms with E-state index in [1.54, 1.807) is 18.6 Å². The molecule has 1 aromatic carbocycles. The number of ether oxygens (including phenoxy) is 1. The highest BCUT2D eigenvalue weighted by atomic mass is 16.5. The van der Waals surface area contributed by atoms with Crippen LogP contribution in [0.15, 0.2) is 48.9 Å². The lowest BCUT2D eigenvalue weighted by atomic mass is 10.3. The molecule has 0 saturated heterocycles. The molecular formula is C12H16O3. The van der Waals surface area contributed by atoms with Crippen molar-refractivity contribution >= 4 is 0 Å². The van der Waals surface area contributed by atoms with Crippen molar-refractivity contribution in [2.24, 2.45) is 0 Å². The normalized spacial score (nSPS) is 10.0. The van der Waals surface area contributed by atoms with Crippen LogP contribution in [0.25, 0.3) is 0 Å². The molecule has 0 aromatic heterocycles. The van der Waals surface area contributed by atoms with Crippen LogP contribution in [0.1, 0.15) is 13.8 Å². The smallest absolute Gasteiger partial charge is 0.119 e. The quantitative estimate of drug-likeness (QED) is 0.734. The van der Waals surface area contributed by atoms with Gasteiger partial charge in [0.1, 0.15) is 11.5 Å². The third-order valence-electron chi connectivity index (χ3n) is 1.26. The van der Waals surface area contributed by atoms with Gasteiger partial charge in [0.2, 0.25) is 0 Å². The minimum Gasteiger partial charge on any atom is -0.508 e. The first-order chi connectivity index (χ1) is 7.20. The molecule has 82 valence electrons. The number of rotatable bonds is 2. The average Bonchev–Trinajstić information content (AvgIpc) is 2.19. The van der Waals surface area contributed by atoms with Crippen molar-refractivity contribution < 1.29 is 14.9 Å². The van der Waals surface area contributed by atoms with Crippen LogP contribution in [0.4, 0.5) is 0 Å².